The van der Waals surface area contributed by atoms with Gasteiger partial charge in [-0.2, -0.15) is 0 Å². The number of aliphatic carboxylic acids is 1. The van der Waals surface area contributed by atoms with Crippen molar-refractivity contribution in [1.82, 2.24) is 0 Å². The number of hydrogen-bond donors (Lipinski definition) is 3. The Morgan fingerprint density at radius 1 is 1.64 bits per heavy atom. The van der Waals surface area contributed by atoms with E-state index >= 15 is 0 Å². The Morgan fingerprint density at radius 2 is 2.18 bits per heavy atom. The second-order valence-corrected chi connectivity index (χ2v) is 2.44. The van der Waals surface area contributed by atoms with Crippen molar-refractivity contribution in [3.8, 4) is 0 Å². The molecule has 0 saturated heterocycles. The van der Waals surface area contributed by atoms with E-state index in [2.05, 4.69) is 6.58 Å². The molecule has 0 heterocycles. The highest BCUT2D eigenvalue weighted by Crippen LogP contribution is 2.04. The van der Waals surface area contributed by atoms with Gasteiger partial charge >= 0.3 is 5.97 Å². The lowest BCUT2D eigenvalue weighted by atomic mass is 10.1. The number of nitrogens with two attached hydrogens (primary N) is 2. The van der Waals surface area contributed by atoms with Gasteiger partial charge in [-0.25, -0.2) is 0 Å². The molecule has 11 heavy (non-hydrogen) atoms. The smallest absolute Gasteiger partial charge is 0.320 e. The van der Waals surface area contributed by atoms with E-state index in [9.17, 15) is 4.79 Å². The lowest BCUT2D eigenvalue weighted by Crippen LogP contribution is -2.30. The van der Waals surface area contributed by atoms with Crippen LogP contribution in [0.15, 0.2) is 12.2 Å². The first-order chi connectivity index (χ1) is 5.07. The van der Waals surface area contributed by atoms with Crippen LogP contribution in [0.3, 0.4) is 0 Å². The Bertz CT molecular complexity index is 157. The van der Waals surface area contributed by atoms with Gasteiger partial charge in [0.15, 0.2) is 0 Å². The Hall–Kier alpha value is -0.870. The van der Waals surface area contributed by atoms with Crippen LogP contribution < -0.4 is 11.5 Å². The van der Waals surface area contributed by atoms with Crippen molar-refractivity contribution in [2.45, 2.75) is 18.9 Å². The second kappa shape index (κ2) is 4.87. The third-order valence-corrected chi connectivity index (χ3v) is 1.32. The summed E-state index contributed by atoms with van der Waals surface area (Å²) in [5, 5.41) is 8.40. The van der Waals surface area contributed by atoms with E-state index in [-0.39, 0.29) is 0 Å². The molecule has 5 N–H and O–H groups in total. The molecule has 0 saturated carbocycles. The lowest BCUT2D eigenvalue weighted by molar-refractivity contribution is -0.138. The molecule has 0 bridgehead atoms. The predicted octanol–water partition coefficient (Wildman–Crippen LogP) is -0.307. The summed E-state index contributed by atoms with van der Waals surface area (Å²) in [4.78, 5) is 10.2. The van der Waals surface area contributed by atoms with Crippen LogP contribution in [0.25, 0.3) is 0 Å². The minimum atomic E-state index is -0.997. The van der Waals surface area contributed by atoms with Crippen LogP contribution in [0.5, 0.6) is 0 Å². The molecule has 0 fully saturated rings. The average molecular weight is 158 g/mol. The topological polar surface area (TPSA) is 89.3 Å². The summed E-state index contributed by atoms with van der Waals surface area (Å²) < 4.78 is 0. The van der Waals surface area contributed by atoms with Gasteiger partial charge in [0.05, 0.1) is 0 Å². The molecule has 0 rings (SSSR count). The first-order valence-corrected chi connectivity index (χ1v) is 3.43. The average Bonchev–Trinajstić information content (AvgIpc) is 1.87. The van der Waals surface area contributed by atoms with Gasteiger partial charge in [0, 0.05) is 0 Å². The van der Waals surface area contributed by atoms with Crippen LogP contribution in [-0.2, 0) is 4.79 Å². The van der Waals surface area contributed by atoms with E-state index in [1.54, 1.807) is 0 Å². The normalized spacial score (nSPS) is 12.5. The quantitative estimate of drug-likeness (QED) is 0.479. The molecule has 4 heteroatoms. The van der Waals surface area contributed by atoms with Crippen molar-refractivity contribution in [2.24, 2.45) is 11.5 Å². The minimum absolute atomic E-state index is 0.312. The fraction of sp³-hybridized carbons (Fsp3) is 0.571. The van der Waals surface area contributed by atoms with Gasteiger partial charge in [0.2, 0.25) is 0 Å². The fourth-order valence-corrected chi connectivity index (χ4v) is 0.705. The van der Waals surface area contributed by atoms with Crippen molar-refractivity contribution >= 4 is 5.97 Å². The summed E-state index contributed by atoms with van der Waals surface area (Å²) in [7, 11) is 0. The Kier molecular flexibility index (Phi) is 4.49. The number of carboxylic acids is 1. The van der Waals surface area contributed by atoms with Crippen molar-refractivity contribution in [3.05, 3.63) is 12.2 Å². The van der Waals surface area contributed by atoms with E-state index in [0.29, 0.717) is 19.4 Å². The zero-order chi connectivity index (χ0) is 8.85. The molecule has 64 valence electrons. The molecule has 0 radical (unpaired) electrons. The summed E-state index contributed by atoms with van der Waals surface area (Å²) in [6, 6.07) is -0.839. The largest absolute Gasteiger partial charge is 0.480 e. The molecule has 0 aromatic rings. The van der Waals surface area contributed by atoms with E-state index in [1.807, 2.05) is 0 Å². The van der Waals surface area contributed by atoms with Crippen molar-refractivity contribution < 1.29 is 9.90 Å². The maximum absolute atomic E-state index is 10.2. The van der Waals surface area contributed by atoms with E-state index in [0.717, 1.165) is 5.57 Å². The molecule has 1 atom stereocenters. The predicted molar refractivity (Wildman–Crippen MR) is 43.0 cm³/mol. The zero-order valence-electron chi connectivity index (χ0n) is 6.42. The molecule has 1 unspecified atom stereocenters. The van der Waals surface area contributed by atoms with Crippen LogP contribution in [0.4, 0.5) is 0 Å². The van der Waals surface area contributed by atoms with Gasteiger partial charge in [-0.3, -0.25) is 4.79 Å². The molecular weight excluding hydrogens is 144 g/mol. The fourth-order valence-electron chi connectivity index (χ4n) is 0.705. The van der Waals surface area contributed by atoms with Gasteiger partial charge in [-0.15, -0.1) is 0 Å². The van der Waals surface area contributed by atoms with Crippen molar-refractivity contribution in [3.63, 3.8) is 0 Å². The summed E-state index contributed by atoms with van der Waals surface area (Å²) >= 11 is 0. The Balaban J connectivity index is 3.66. The highest BCUT2D eigenvalue weighted by Gasteiger charge is 2.11. The summed E-state index contributed by atoms with van der Waals surface area (Å²) in [5.41, 5.74) is 11.3. The zero-order valence-corrected chi connectivity index (χ0v) is 6.42. The van der Waals surface area contributed by atoms with Crippen LogP contribution in [0.1, 0.15) is 12.8 Å². The molecule has 0 aliphatic carbocycles. The van der Waals surface area contributed by atoms with Crippen molar-refractivity contribution in [2.75, 3.05) is 6.54 Å². The standard InChI is InChI=1S/C7H14N2O2/c1-5(2-3-8)4-6(9)7(10)11/h6H,1-4,8-9H2,(H,10,11). The highest BCUT2D eigenvalue weighted by molar-refractivity contribution is 5.73. The molecule has 0 aromatic heterocycles. The number of carbonyl (C=O) groups is 1. The third kappa shape index (κ3) is 4.52. The summed E-state index contributed by atoms with van der Waals surface area (Å²) in [6.07, 6.45) is 0.952. The van der Waals surface area contributed by atoms with E-state index in [1.165, 1.54) is 0 Å². The van der Waals surface area contributed by atoms with Gasteiger partial charge in [0.25, 0.3) is 0 Å². The molecule has 0 aromatic carbocycles. The third-order valence-electron chi connectivity index (χ3n) is 1.32. The van der Waals surface area contributed by atoms with Gasteiger partial charge in [-0.1, -0.05) is 12.2 Å². The van der Waals surface area contributed by atoms with Gasteiger partial charge in [-0.05, 0) is 19.4 Å². The number of hydrogen-bond acceptors (Lipinski definition) is 3. The number of carboxylic acid groups (broad SMARTS) is 1. The Morgan fingerprint density at radius 3 is 2.55 bits per heavy atom. The lowest BCUT2D eigenvalue weighted by Gasteiger charge is -2.07. The van der Waals surface area contributed by atoms with Crippen molar-refractivity contribution in [1.29, 1.82) is 0 Å². The molecule has 4 nitrogen and oxygen atoms in total. The SMILES string of the molecule is C=C(CCN)CC(N)C(=O)O. The minimum Gasteiger partial charge on any atom is -0.480 e. The van der Waals surface area contributed by atoms with Crippen LogP contribution in [0, 0.1) is 0 Å². The first-order valence-electron chi connectivity index (χ1n) is 3.43. The maximum Gasteiger partial charge on any atom is 0.320 e. The molecular formula is C7H14N2O2. The molecule has 0 spiro atoms. The van der Waals surface area contributed by atoms with Gasteiger partial charge < -0.3 is 16.6 Å². The highest BCUT2D eigenvalue weighted by atomic mass is 16.4. The molecule has 0 amide bonds. The van der Waals surface area contributed by atoms with Gasteiger partial charge in [0.1, 0.15) is 6.04 Å². The number of rotatable bonds is 5. The summed E-state index contributed by atoms with van der Waals surface area (Å²) in [5.74, 6) is -0.997. The second-order valence-electron chi connectivity index (χ2n) is 2.44. The van der Waals surface area contributed by atoms with E-state index < -0.39 is 12.0 Å². The Labute approximate surface area is 65.9 Å². The maximum atomic E-state index is 10.2. The van der Waals surface area contributed by atoms with Crippen LogP contribution in [0.2, 0.25) is 0 Å². The van der Waals surface area contributed by atoms with Crippen LogP contribution >= 0.6 is 0 Å². The monoisotopic (exact) mass is 158 g/mol. The first kappa shape index (κ1) is 10.1. The van der Waals surface area contributed by atoms with E-state index in [4.69, 9.17) is 16.6 Å². The van der Waals surface area contributed by atoms with Crippen LogP contribution in [-0.4, -0.2) is 23.7 Å². The summed E-state index contributed by atoms with van der Waals surface area (Å²) in [6.45, 7) is 4.13. The molecule has 0 aliphatic rings. The molecule has 0 aliphatic heterocycles.